The molecule has 3 aromatic rings. The Bertz CT molecular complexity index is 1340. The topological polar surface area (TPSA) is 85.2 Å². The summed E-state index contributed by atoms with van der Waals surface area (Å²) in [5.74, 6) is 0.755. The van der Waals surface area contributed by atoms with Crippen LogP contribution < -0.4 is 5.69 Å². The second kappa shape index (κ2) is 9.84. The van der Waals surface area contributed by atoms with E-state index in [1.165, 1.54) is 4.57 Å². The number of halogens is 1. The van der Waals surface area contributed by atoms with E-state index in [1.54, 1.807) is 48.0 Å². The van der Waals surface area contributed by atoms with Gasteiger partial charge in [0.15, 0.2) is 0 Å². The summed E-state index contributed by atoms with van der Waals surface area (Å²) >= 11 is 0. The molecule has 0 bridgehead atoms. The first-order valence-corrected chi connectivity index (χ1v) is 12.9. The van der Waals surface area contributed by atoms with E-state index < -0.39 is 17.7 Å². The van der Waals surface area contributed by atoms with Gasteiger partial charge < -0.3 is 14.6 Å². The molecule has 1 N–H and O–H groups in total. The summed E-state index contributed by atoms with van der Waals surface area (Å²) < 4.78 is 23.5. The zero-order valence-corrected chi connectivity index (χ0v) is 23.1. The number of imidazole rings is 1. The van der Waals surface area contributed by atoms with E-state index in [-0.39, 0.29) is 17.4 Å². The third-order valence-electron chi connectivity index (χ3n) is 6.84. The summed E-state index contributed by atoms with van der Waals surface area (Å²) in [5.41, 5.74) is 2.35. The molecule has 4 rings (SSSR count). The van der Waals surface area contributed by atoms with Crippen molar-refractivity contribution in [3.8, 4) is 11.5 Å². The van der Waals surface area contributed by atoms with E-state index in [9.17, 15) is 14.0 Å². The molecule has 2 atom stereocenters. The molecular formula is C28H38FN5O3. The number of amides is 1. The summed E-state index contributed by atoms with van der Waals surface area (Å²) in [5, 5.41) is 5.09. The van der Waals surface area contributed by atoms with Gasteiger partial charge in [0.2, 0.25) is 0 Å². The Morgan fingerprint density at radius 1 is 1.24 bits per heavy atom. The molecule has 37 heavy (non-hydrogen) atoms. The first-order chi connectivity index (χ1) is 17.3. The number of aryl methyl sites for hydroxylation is 2. The second-order valence-corrected chi connectivity index (χ2v) is 11.5. The SMILES string of the molecule is Cc1cc(-n2nc3c(c2-n2cc[nH]c2=O)[C@H](C)N(C(=O)OC(C)(C)C)CCC3CC(C)C)cc(C)c1F. The van der Waals surface area contributed by atoms with Gasteiger partial charge in [0.05, 0.1) is 17.4 Å². The van der Waals surface area contributed by atoms with Crippen LogP contribution in [0.4, 0.5) is 9.18 Å². The Labute approximate surface area is 217 Å². The number of carbonyl (C=O) groups excluding carboxylic acids is 1. The fourth-order valence-electron chi connectivity index (χ4n) is 5.23. The molecule has 8 nitrogen and oxygen atoms in total. The molecule has 2 aromatic heterocycles. The first-order valence-electron chi connectivity index (χ1n) is 12.9. The Hall–Kier alpha value is -3.36. The van der Waals surface area contributed by atoms with Crippen LogP contribution in [0.2, 0.25) is 0 Å². The van der Waals surface area contributed by atoms with Gasteiger partial charge in [-0.1, -0.05) is 13.8 Å². The lowest BCUT2D eigenvalue weighted by Crippen LogP contribution is -2.39. The minimum atomic E-state index is -0.642. The van der Waals surface area contributed by atoms with Crippen molar-refractivity contribution in [2.24, 2.45) is 5.92 Å². The zero-order chi connectivity index (χ0) is 27.2. The largest absolute Gasteiger partial charge is 0.444 e. The van der Waals surface area contributed by atoms with Gasteiger partial charge in [-0.25, -0.2) is 18.7 Å². The third-order valence-corrected chi connectivity index (χ3v) is 6.84. The Morgan fingerprint density at radius 3 is 2.43 bits per heavy atom. The molecule has 0 aliphatic carbocycles. The number of nitrogens with zero attached hydrogens (tertiary/aromatic N) is 4. The van der Waals surface area contributed by atoms with E-state index in [4.69, 9.17) is 9.84 Å². The summed E-state index contributed by atoms with van der Waals surface area (Å²) in [7, 11) is 0. The minimum absolute atomic E-state index is 0.0715. The molecule has 9 heteroatoms. The molecule has 1 aliphatic rings. The van der Waals surface area contributed by atoms with Crippen LogP contribution in [0.15, 0.2) is 29.3 Å². The number of rotatable bonds is 4. The Kier molecular flexibility index (Phi) is 7.10. The highest BCUT2D eigenvalue weighted by Gasteiger charge is 2.38. The summed E-state index contributed by atoms with van der Waals surface area (Å²) in [4.78, 5) is 30.7. The number of H-pyrrole nitrogens is 1. The van der Waals surface area contributed by atoms with Gasteiger partial charge in [-0.05, 0) is 83.6 Å². The maximum absolute atomic E-state index is 14.5. The van der Waals surface area contributed by atoms with Crippen molar-refractivity contribution in [3.63, 3.8) is 0 Å². The highest BCUT2D eigenvalue weighted by atomic mass is 19.1. The fraction of sp³-hybridized carbons (Fsp3) is 0.536. The van der Waals surface area contributed by atoms with Crippen LogP contribution in [-0.4, -0.2) is 42.5 Å². The molecule has 200 valence electrons. The fourth-order valence-corrected chi connectivity index (χ4v) is 5.23. The number of hydrogen-bond acceptors (Lipinski definition) is 4. The summed E-state index contributed by atoms with van der Waals surface area (Å²) in [6, 6.07) is 3.07. The van der Waals surface area contributed by atoms with E-state index in [1.807, 2.05) is 27.7 Å². The molecule has 1 aromatic carbocycles. The molecule has 1 unspecified atom stereocenters. The number of benzene rings is 1. The highest BCUT2D eigenvalue weighted by molar-refractivity contribution is 5.69. The molecule has 0 saturated heterocycles. The number of fused-ring (bicyclic) bond motifs is 1. The number of aromatic amines is 1. The Balaban J connectivity index is 2.00. The molecule has 0 radical (unpaired) electrons. The normalized spacial score (nSPS) is 18.2. The van der Waals surface area contributed by atoms with Gasteiger partial charge >= 0.3 is 11.8 Å². The number of ether oxygens (including phenoxy) is 1. The van der Waals surface area contributed by atoms with Crippen LogP contribution in [0.5, 0.6) is 0 Å². The van der Waals surface area contributed by atoms with Gasteiger partial charge in [-0.15, -0.1) is 0 Å². The van der Waals surface area contributed by atoms with Crippen molar-refractivity contribution < 1.29 is 13.9 Å². The standard InChI is InChI=1S/C28H38FN5O3/c1-16(2)13-20-9-11-32(27(36)37-28(6,7)8)19(5)22-24(20)31-34(25(22)33-12-10-30-26(33)35)21-14-17(3)23(29)18(4)15-21/h10,12,14-16,19-20H,9,11,13H2,1-8H3,(H,30,35)/t19-,20?/m0/s1. The molecule has 1 aliphatic heterocycles. The van der Waals surface area contributed by atoms with Gasteiger partial charge in [-0.3, -0.25) is 4.57 Å². The van der Waals surface area contributed by atoms with Gasteiger partial charge in [0, 0.05) is 30.4 Å². The molecule has 0 saturated carbocycles. The highest BCUT2D eigenvalue weighted by Crippen LogP contribution is 2.42. The number of carbonyl (C=O) groups is 1. The van der Waals surface area contributed by atoms with Gasteiger partial charge in [0.25, 0.3) is 0 Å². The molecule has 3 heterocycles. The molecular weight excluding hydrogens is 473 g/mol. The average molecular weight is 512 g/mol. The lowest BCUT2D eigenvalue weighted by atomic mass is 9.89. The van der Waals surface area contributed by atoms with E-state index in [0.717, 1.165) is 17.7 Å². The van der Waals surface area contributed by atoms with Crippen molar-refractivity contribution in [1.29, 1.82) is 0 Å². The Morgan fingerprint density at radius 2 is 1.89 bits per heavy atom. The minimum Gasteiger partial charge on any atom is -0.444 e. The van der Waals surface area contributed by atoms with Crippen LogP contribution >= 0.6 is 0 Å². The van der Waals surface area contributed by atoms with E-state index in [2.05, 4.69) is 18.8 Å². The van der Waals surface area contributed by atoms with Crippen LogP contribution in [-0.2, 0) is 4.74 Å². The lowest BCUT2D eigenvalue weighted by molar-refractivity contribution is 0.0175. The monoisotopic (exact) mass is 511 g/mol. The third kappa shape index (κ3) is 5.22. The molecule has 1 amide bonds. The van der Waals surface area contributed by atoms with Crippen molar-refractivity contribution in [3.05, 3.63) is 63.2 Å². The first kappa shape index (κ1) is 26.7. The predicted molar refractivity (Wildman–Crippen MR) is 141 cm³/mol. The lowest BCUT2D eigenvalue weighted by Gasteiger charge is -2.31. The molecule has 0 spiro atoms. The van der Waals surface area contributed by atoms with Crippen LogP contribution in [0.1, 0.15) is 88.7 Å². The zero-order valence-electron chi connectivity index (χ0n) is 23.1. The number of nitrogens with one attached hydrogen (secondary N) is 1. The van der Waals surface area contributed by atoms with Crippen LogP contribution in [0.3, 0.4) is 0 Å². The molecule has 0 fully saturated rings. The maximum Gasteiger partial charge on any atom is 0.410 e. The number of hydrogen-bond donors (Lipinski definition) is 1. The quantitative estimate of drug-likeness (QED) is 0.470. The average Bonchev–Trinajstić information content (AvgIpc) is 3.34. The second-order valence-electron chi connectivity index (χ2n) is 11.5. The number of aromatic nitrogens is 4. The van der Waals surface area contributed by atoms with E-state index in [0.29, 0.717) is 41.5 Å². The van der Waals surface area contributed by atoms with Gasteiger partial charge in [-0.2, -0.15) is 5.10 Å². The summed E-state index contributed by atoms with van der Waals surface area (Å²) in [6.45, 7) is 15.8. The van der Waals surface area contributed by atoms with Crippen molar-refractivity contribution >= 4 is 6.09 Å². The van der Waals surface area contributed by atoms with Crippen molar-refractivity contribution in [2.75, 3.05) is 6.54 Å². The van der Waals surface area contributed by atoms with Crippen molar-refractivity contribution in [2.45, 2.75) is 85.8 Å². The van der Waals surface area contributed by atoms with Crippen LogP contribution in [0, 0.1) is 25.6 Å². The van der Waals surface area contributed by atoms with Crippen LogP contribution in [0.25, 0.3) is 11.5 Å². The predicted octanol–water partition coefficient (Wildman–Crippen LogP) is 5.94. The maximum atomic E-state index is 14.5. The smallest absolute Gasteiger partial charge is 0.410 e. The van der Waals surface area contributed by atoms with E-state index >= 15 is 0 Å². The van der Waals surface area contributed by atoms with Crippen molar-refractivity contribution in [1.82, 2.24) is 24.2 Å². The van der Waals surface area contributed by atoms with Gasteiger partial charge in [0.1, 0.15) is 17.2 Å². The summed E-state index contributed by atoms with van der Waals surface area (Å²) in [6.07, 6.45) is 4.43.